The van der Waals surface area contributed by atoms with Gasteiger partial charge in [0.1, 0.15) is 5.76 Å². The summed E-state index contributed by atoms with van der Waals surface area (Å²) in [7, 11) is 0. The first-order valence-corrected chi connectivity index (χ1v) is 5.24. The Morgan fingerprint density at radius 1 is 1.71 bits per heavy atom. The second-order valence-corrected chi connectivity index (χ2v) is 3.56. The third kappa shape index (κ3) is 3.89. The van der Waals surface area contributed by atoms with Gasteiger partial charge in [-0.1, -0.05) is 0 Å². The summed E-state index contributed by atoms with van der Waals surface area (Å²) >= 11 is 8.09. The van der Waals surface area contributed by atoms with Gasteiger partial charge in [0, 0.05) is 6.54 Å². The molecular formula is C8H10BrN3OS. The summed E-state index contributed by atoms with van der Waals surface area (Å²) in [6, 6.07) is 3.59. The van der Waals surface area contributed by atoms with Gasteiger partial charge in [-0.2, -0.15) is 5.10 Å². The summed E-state index contributed by atoms with van der Waals surface area (Å²) in [5, 5.41) is 7.28. The fraction of sp³-hybridized carbons (Fsp3) is 0.250. The highest BCUT2D eigenvalue weighted by atomic mass is 79.9. The Kier molecular flexibility index (Phi) is 4.61. The number of furan rings is 1. The van der Waals surface area contributed by atoms with Crippen molar-refractivity contribution in [2.45, 2.75) is 6.92 Å². The van der Waals surface area contributed by atoms with Gasteiger partial charge in [0.15, 0.2) is 9.78 Å². The predicted octanol–water partition coefficient (Wildman–Crippen LogP) is 1.86. The zero-order chi connectivity index (χ0) is 10.4. The molecule has 1 aromatic heterocycles. The maximum atomic E-state index is 5.19. The third-order valence-electron chi connectivity index (χ3n) is 1.29. The lowest BCUT2D eigenvalue weighted by molar-refractivity contribution is 0.534. The van der Waals surface area contributed by atoms with Crippen LogP contribution in [0.4, 0.5) is 0 Å². The Bertz CT molecular complexity index is 337. The van der Waals surface area contributed by atoms with Crippen LogP contribution in [0.5, 0.6) is 0 Å². The van der Waals surface area contributed by atoms with Crippen molar-refractivity contribution in [3.63, 3.8) is 0 Å². The Morgan fingerprint density at radius 2 is 2.50 bits per heavy atom. The molecule has 0 aliphatic carbocycles. The van der Waals surface area contributed by atoms with Crippen molar-refractivity contribution in [2.24, 2.45) is 5.10 Å². The van der Waals surface area contributed by atoms with Gasteiger partial charge < -0.3 is 9.73 Å². The number of nitrogens with zero attached hydrogens (tertiary/aromatic N) is 1. The Hall–Kier alpha value is -0.880. The molecule has 1 heterocycles. The van der Waals surface area contributed by atoms with Crippen LogP contribution >= 0.6 is 28.1 Å². The van der Waals surface area contributed by atoms with Crippen molar-refractivity contribution in [3.05, 3.63) is 22.6 Å². The molecule has 0 radical (unpaired) electrons. The number of halogens is 1. The molecule has 1 rings (SSSR count). The molecule has 0 spiro atoms. The van der Waals surface area contributed by atoms with Crippen LogP contribution in [-0.4, -0.2) is 17.9 Å². The highest BCUT2D eigenvalue weighted by molar-refractivity contribution is 9.10. The van der Waals surface area contributed by atoms with Gasteiger partial charge in [-0.05, 0) is 47.2 Å². The van der Waals surface area contributed by atoms with Gasteiger partial charge in [0.05, 0.1) is 6.21 Å². The maximum Gasteiger partial charge on any atom is 0.186 e. The molecule has 76 valence electrons. The van der Waals surface area contributed by atoms with E-state index < -0.39 is 0 Å². The van der Waals surface area contributed by atoms with Crippen molar-refractivity contribution in [1.29, 1.82) is 0 Å². The highest BCUT2D eigenvalue weighted by Gasteiger charge is 1.94. The van der Waals surface area contributed by atoms with Crippen LogP contribution < -0.4 is 10.7 Å². The zero-order valence-electron chi connectivity index (χ0n) is 7.58. The van der Waals surface area contributed by atoms with Crippen LogP contribution in [-0.2, 0) is 0 Å². The van der Waals surface area contributed by atoms with Gasteiger partial charge in [0.25, 0.3) is 0 Å². The van der Waals surface area contributed by atoms with E-state index in [0.29, 0.717) is 15.5 Å². The third-order valence-corrected chi connectivity index (χ3v) is 1.95. The van der Waals surface area contributed by atoms with E-state index in [1.807, 2.05) is 6.92 Å². The Morgan fingerprint density at radius 3 is 3.07 bits per heavy atom. The number of nitrogens with one attached hydrogen (secondary N) is 2. The molecule has 0 saturated heterocycles. The van der Waals surface area contributed by atoms with Gasteiger partial charge >= 0.3 is 0 Å². The molecular weight excluding hydrogens is 266 g/mol. The normalized spacial score (nSPS) is 10.4. The smallest absolute Gasteiger partial charge is 0.186 e. The van der Waals surface area contributed by atoms with Gasteiger partial charge in [-0.15, -0.1) is 0 Å². The monoisotopic (exact) mass is 275 g/mol. The second kappa shape index (κ2) is 5.77. The summed E-state index contributed by atoms with van der Waals surface area (Å²) in [4.78, 5) is 0. The van der Waals surface area contributed by atoms with Crippen molar-refractivity contribution in [1.82, 2.24) is 10.7 Å². The van der Waals surface area contributed by atoms with E-state index in [1.54, 1.807) is 18.3 Å². The molecule has 14 heavy (non-hydrogen) atoms. The second-order valence-electron chi connectivity index (χ2n) is 2.37. The van der Waals surface area contributed by atoms with E-state index in [-0.39, 0.29) is 0 Å². The molecule has 0 aliphatic rings. The average Bonchev–Trinajstić information content (AvgIpc) is 2.52. The first-order chi connectivity index (χ1) is 6.72. The predicted molar refractivity (Wildman–Crippen MR) is 63.4 cm³/mol. The molecule has 2 N–H and O–H groups in total. The van der Waals surface area contributed by atoms with Crippen LogP contribution in [0, 0.1) is 0 Å². The molecule has 0 atom stereocenters. The van der Waals surface area contributed by atoms with E-state index in [4.69, 9.17) is 16.6 Å². The molecule has 1 aromatic rings. The number of hydrogen-bond acceptors (Lipinski definition) is 3. The van der Waals surface area contributed by atoms with Crippen molar-refractivity contribution < 1.29 is 4.42 Å². The van der Waals surface area contributed by atoms with E-state index in [9.17, 15) is 0 Å². The lowest BCUT2D eigenvalue weighted by atomic mass is 10.5. The van der Waals surface area contributed by atoms with Gasteiger partial charge in [0.2, 0.25) is 0 Å². The number of rotatable bonds is 3. The van der Waals surface area contributed by atoms with E-state index >= 15 is 0 Å². The van der Waals surface area contributed by atoms with Gasteiger partial charge in [-0.3, -0.25) is 5.43 Å². The minimum Gasteiger partial charge on any atom is -0.448 e. The van der Waals surface area contributed by atoms with E-state index in [2.05, 4.69) is 31.8 Å². The molecule has 0 saturated carbocycles. The molecule has 0 aromatic carbocycles. The summed E-state index contributed by atoms with van der Waals surface area (Å²) in [6.07, 6.45) is 1.55. The summed E-state index contributed by atoms with van der Waals surface area (Å²) in [6.45, 7) is 2.73. The first-order valence-electron chi connectivity index (χ1n) is 4.04. The quantitative estimate of drug-likeness (QED) is 0.502. The highest BCUT2D eigenvalue weighted by Crippen LogP contribution is 2.11. The molecule has 0 fully saturated rings. The summed E-state index contributed by atoms with van der Waals surface area (Å²) in [5.74, 6) is 0.656. The number of thiocarbonyl (C=S) groups is 1. The largest absolute Gasteiger partial charge is 0.448 e. The fourth-order valence-electron chi connectivity index (χ4n) is 0.752. The SMILES string of the molecule is CCNC(=S)N/N=C/c1ccc(Br)o1. The number of hydrazone groups is 1. The summed E-state index contributed by atoms with van der Waals surface area (Å²) < 4.78 is 5.86. The Labute approximate surface area is 95.9 Å². The lowest BCUT2D eigenvalue weighted by Crippen LogP contribution is -2.31. The molecule has 0 unspecified atom stereocenters. The van der Waals surface area contributed by atoms with Gasteiger partial charge in [-0.25, -0.2) is 0 Å². The van der Waals surface area contributed by atoms with E-state index in [0.717, 1.165) is 6.54 Å². The minimum atomic E-state index is 0.495. The molecule has 6 heteroatoms. The topological polar surface area (TPSA) is 49.6 Å². The van der Waals surface area contributed by atoms with Crippen LogP contribution in [0.15, 0.2) is 26.3 Å². The van der Waals surface area contributed by atoms with Crippen molar-refractivity contribution in [3.8, 4) is 0 Å². The number of hydrogen-bond donors (Lipinski definition) is 2. The van der Waals surface area contributed by atoms with Crippen LogP contribution in [0.2, 0.25) is 0 Å². The minimum absolute atomic E-state index is 0.495. The fourth-order valence-corrected chi connectivity index (χ4v) is 1.27. The average molecular weight is 276 g/mol. The molecule has 4 nitrogen and oxygen atoms in total. The molecule has 0 aliphatic heterocycles. The van der Waals surface area contributed by atoms with Crippen LogP contribution in [0.25, 0.3) is 0 Å². The zero-order valence-corrected chi connectivity index (χ0v) is 9.98. The first kappa shape index (κ1) is 11.2. The molecule has 0 amide bonds. The van der Waals surface area contributed by atoms with Crippen molar-refractivity contribution in [2.75, 3.05) is 6.54 Å². The molecule has 0 bridgehead atoms. The summed E-state index contributed by atoms with van der Waals surface area (Å²) in [5.41, 5.74) is 2.66. The van der Waals surface area contributed by atoms with Crippen LogP contribution in [0.1, 0.15) is 12.7 Å². The van der Waals surface area contributed by atoms with Crippen LogP contribution in [0.3, 0.4) is 0 Å². The standard InChI is InChI=1S/C8H10BrN3OS/c1-2-10-8(14)12-11-5-6-3-4-7(9)13-6/h3-5H,2H2,1H3,(H2,10,12,14)/b11-5+. The lowest BCUT2D eigenvalue weighted by Gasteiger charge is -2.01. The van der Waals surface area contributed by atoms with Crippen molar-refractivity contribution >= 4 is 39.5 Å². The van der Waals surface area contributed by atoms with E-state index in [1.165, 1.54) is 0 Å². The maximum absolute atomic E-state index is 5.19. The Balaban J connectivity index is 2.37.